The van der Waals surface area contributed by atoms with Gasteiger partial charge in [-0.1, -0.05) is 23.2 Å². The molecule has 2 heterocycles. The van der Waals surface area contributed by atoms with E-state index in [9.17, 15) is 4.79 Å². The molecule has 1 aliphatic heterocycles. The minimum Gasteiger partial charge on any atom is -0.379 e. The lowest BCUT2D eigenvalue weighted by molar-refractivity contribution is 0.0925. The second-order valence-corrected chi connectivity index (χ2v) is 4.29. The summed E-state index contributed by atoms with van der Waals surface area (Å²) in [5.41, 5.74) is 0.154. The van der Waals surface area contributed by atoms with Gasteiger partial charge in [-0.15, -0.1) is 0 Å². The average Bonchev–Trinajstić information content (AvgIpc) is 2.74. The van der Waals surface area contributed by atoms with Crippen molar-refractivity contribution in [2.24, 2.45) is 0 Å². The fourth-order valence-electron chi connectivity index (χ4n) is 1.48. The minimum absolute atomic E-state index is 0.0318. The van der Waals surface area contributed by atoms with Gasteiger partial charge < -0.3 is 10.1 Å². The van der Waals surface area contributed by atoms with Crippen molar-refractivity contribution in [3.63, 3.8) is 0 Å². The largest absolute Gasteiger partial charge is 0.379 e. The van der Waals surface area contributed by atoms with Crippen LogP contribution in [0.2, 0.25) is 10.2 Å². The maximum absolute atomic E-state index is 11.8. The molecule has 0 aromatic carbocycles. The summed E-state index contributed by atoms with van der Waals surface area (Å²) in [5.74, 6) is -0.317. The molecule has 0 saturated carbocycles. The number of pyridine rings is 1. The van der Waals surface area contributed by atoms with Gasteiger partial charge in [0.25, 0.3) is 5.91 Å². The fourth-order valence-corrected chi connectivity index (χ4v) is 1.82. The number of hydrogen-bond acceptors (Lipinski definition) is 3. The Morgan fingerprint density at radius 1 is 1.50 bits per heavy atom. The molecule has 6 heteroatoms. The zero-order valence-electron chi connectivity index (χ0n) is 8.37. The predicted molar refractivity (Wildman–Crippen MR) is 60.9 cm³/mol. The summed E-state index contributed by atoms with van der Waals surface area (Å²) in [6.45, 7) is 1.20. The maximum Gasteiger partial charge on any atom is 0.271 e. The highest BCUT2D eigenvalue weighted by Crippen LogP contribution is 2.17. The number of halogens is 2. The first-order valence-corrected chi connectivity index (χ1v) is 5.63. The molecule has 1 unspecified atom stereocenters. The SMILES string of the molecule is O=C(NC1CCOC1)c1nc(Cl)ccc1Cl. The summed E-state index contributed by atoms with van der Waals surface area (Å²) in [4.78, 5) is 15.7. The molecule has 16 heavy (non-hydrogen) atoms. The van der Waals surface area contributed by atoms with E-state index in [0.717, 1.165) is 6.42 Å². The van der Waals surface area contributed by atoms with E-state index in [1.54, 1.807) is 12.1 Å². The van der Waals surface area contributed by atoms with Crippen molar-refractivity contribution >= 4 is 29.1 Å². The quantitative estimate of drug-likeness (QED) is 0.827. The molecule has 1 atom stereocenters. The van der Waals surface area contributed by atoms with E-state index < -0.39 is 0 Å². The molecule has 0 radical (unpaired) electrons. The molecule has 1 saturated heterocycles. The summed E-state index contributed by atoms with van der Waals surface area (Å²) in [6.07, 6.45) is 0.809. The average molecular weight is 261 g/mol. The van der Waals surface area contributed by atoms with Gasteiger partial charge in [-0.2, -0.15) is 0 Å². The fraction of sp³-hybridized carbons (Fsp3) is 0.400. The molecule has 1 aromatic rings. The third-order valence-electron chi connectivity index (χ3n) is 2.29. The Hall–Kier alpha value is -0.840. The van der Waals surface area contributed by atoms with E-state index in [1.165, 1.54) is 0 Å². The molecule has 1 N–H and O–H groups in total. The second kappa shape index (κ2) is 4.99. The second-order valence-electron chi connectivity index (χ2n) is 3.50. The molecule has 0 aliphatic carbocycles. The van der Waals surface area contributed by atoms with Crippen LogP contribution < -0.4 is 5.32 Å². The highest BCUT2D eigenvalue weighted by Gasteiger charge is 2.20. The standard InChI is InChI=1S/C10H10Cl2N2O2/c11-7-1-2-8(12)14-9(7)10(15)13-6-3-4-16-5-6/h1-2,6H,3-5H2,(H,13,15). The number of nitrogens with zero attached hydrogens (tertiary/aromatic N) is 1. The normalized spacial score (nSPS) is 19.8. The van der Waals surface area contributed by atoms with Crippen molar-refractivity contribution in [3.8, 4) is 0 Å². The number of aromatic nitrogens is 1. The van der Waals surface area contributed by atoms with Crippen molar-refractivity contribution in [2.45, 2.75) is 12.5 Å². The minimum atomic E-state index is -0.317. The molecule has 0 bridgehead atoms. The van der Waals surface area contributed by atoms with Crippen LogP contribution in [0.1, 0.15) is 16.9 Å². The maximum atomic E-state index is 11.8. The number of hydrogen-bond donors (Lipinski definition) is 1. The van der Waals surface area contributed by atoms with Crippen molar-refractivity contribution in [1.29, 1.82) is 0 Å². The van der Waals surface area contributed by atoms with E-state index >= 15 is 0 Å². The molecule has 1 fully saturated rings. The summed E-state index contributed by atoms with van der Waals surface area (Å²) in [5, 5.41) is 3.33. The molecule has 1 aromatic heterocycles. The molecule has 2 rings (SSSR count). The topological polar surface area (TPSA) is 51.2 Å². The van der Waals surface area contributed by atoms with Gasteiger partial charge in [0.2, 0.25) is 0 Å². The third-order valence-corrected chi connectivity index (χ3v) is 2.81. The van der Waals surface area contributed by atoms with Crippen LogP contribution in [0.25, 0.3) is 0 Å². The summed E-state index contributed by atoms with van der Waals surface area (Å²) in [7, 11) is 0. The van der Waals surface area contributed by atoms with Gasteiger partial charge in [0, 0.05) is 6.61 Å². The van der Waals surface area contributed by atoms with Crippen LogP contribution >= 0.6 is 23.2 Å². The lowest BCUT2D eigenvalue weighted by Gasteiger charge is -2.10. The van der Waals surface area contributed by atoms with E-state index in [4.69, 9.17) is 27.9 Å². The first-order valence-electron chi connectivity index (χ1n) is 4.87. The number of ether oxygens (including phenoxy) is 1. The number of carbonyl (C=O) groups is 1. The Balaban J connectivity index is 2.10. The number of nitrogens with one attached hydrogen (secondary N) is 1. The summed E-state index contributed by atoms with van der Waals surface area (Å²) >= 11 is 11.6. The zero-order chi connectivity index (χ0) is 11.5. The molecule has 0 spiro atoms. The summed E-state index contributed by atoms with van der Waals surface area (Å²) in [6, 6.07) is 3.13. The van der Waals surface area contributed by atoms with Crippen LogP contribution in [0.15, 0.2) is 12.1 Å². The first kappa shape index (κ1) is 11.6. The van der Waals surface area contributed by atoms with Gasteiger partial charge in [0.1, 0.15) is 10.8 Å². The van der Waals surface area contributed by atoms with Gasteiger partial charge in [0.05, 0.1) is 17.7 Å². The van der Waals surface area contributed by atoms with E-state index in [1.807, 2.05) is 0 Å². The van der Waals surface area contributed by atoms with Crippen LogP contribution in [0.5, 0.6) is 0 Å². The number of rotatable bonds is 2. The predicted octanol–water partition coefficient (Wildman–Crippen LogP) is 1.91. The van der Waals surface area contributed by atoms with Crippen LogP contribution in [-0.4, -0.2) is 30.1 Å². The Kier molecular flexibility index (Phi) is 3.63. The van der Waals surface area contributed by atoms with E-state index in [-0.39, 0.29) is 22.8 Å². The molecule has 1 amide bonds. The first-order chi connectivity index (χ1) is 7.66. The van der Waals surface area contributed by atoms with Gasteiger partial charge in [-0.3, -0.25) is 4.79 Å². The van der Waals surface area contributed by atoms with Gasteiger partial charge in [-0.05, 0) is 18.6 Å². The lowest BCUT2D eigenvalue weighted by Crippen LogP contribution is -2.35. The van der Waals surface area contributed by atoms with E-state index in [2.05, 4.69) is 10.3 Å². The van der Waals surface area contributed by atoms with Crippen molar-refractivity contribution in [3.05, 3.63) is 28.0 Å². The third kappa shape index (κ3) is 2.64. The van der Waals surface area contributed by atoms with Gasteiger partial charge >= 0.3 is 0 Å². The van der Waals surface area contributed by atoms with Crippen LogP contribution in [0, 0.1) is 0 Å². The smallest absolute Gasteiger partial charge is 0.271 e. The Bertz CT molecular complexity index is 406. The Morgan fingerprint density at radius 2 is 2.31 bits per heavy atom. The summed E-state index contributed by atoms with van der Waals surface area (Å²) < 4.78 is 5.15. The molecular weight excluding hydrogens is 251 g/mol. The van der Waals surface area contributed by atoms with Crippen LogP contribution in [0.3, 0.4) is 0 Å². The van der Waals surface area contributed by atoms with Gasteiger partial charge in [-0.25, -0.2) is 4.98 Å². The Morgan fingerprint density at radius 3 is 3.00 bits per heavy atom. The lowest BCUT2D eigenvalue weighted by atomic mass is 10.2. The Labute approximate surface area is 103 Å². The molecular formula is C10H10Cl2N2O2. The van der Waals surface area contributed by atoms with Crippen LogP contribution in [0.4, 0.5) is 0 Å². The van der Waals surface area contributed by atoms with Crippen molar-refractivity contribution in [2.75, 3.05) is 13.2 Å². The number of carbonyl (C=O) groups excluding carboxylic acids is 1. The zero-order valence-corrected chi connectivity index (χ0v) is 9.88. The highest BCUT2D eigenvalue weighted by atomic mass is 35.5. The van der Waals surface area contributed by atoms with Crippen molar-refractivity contribution < 1.29 is 9.53 Å². The van der Waals surface area contributed by atoms with Crippen LogP contribution in [-0.2, 0) is 4.74 Å². The number of amides is 1. The molecule has 4 nitrogen and oxygen atoms in total. The van der Waals surface area contributed by atoms with Crippen molar-refractivity contribution in [1.82, 2.24) is 10.3 Å². The molecule has 1 aliphatic rings. The highest BCUT2D eigenvalue weighted by molar-refractivity contribution is 6.34. The van der Waals surface area contributed by atoms with E-state index in [0.29, 0.717) is 18.2 Å². The monoisotopic (exact) mass is 260 g/mol. The molecule has 86 valence electrons. The van der Waals surface area contributed by atoms with Gasteiger partial charge in [0.15, 0.2) is 0 Å².